The van der Waals surface area contributed by atoms with Crippen LogP contribution in [0.2, 0.25) is 0 Å². The van der Waals surface area contributed by atoms with E-state index in [1.807, 2.05) is 18.2 Å². The van der Waals surface area contributed by atoms with E-state index in [0.717, 1.165) is 0 Å². The molecule has 0 spiro atoms. The van der Waals surface area contributed by atoms with Crippen molar-refractivity contribution in [3.63, 3.8) is 0 Å². The molecule has 0 atom stereocenters. The maximum absolute atomic E-state index is 14.4. The molecule has 0 bridgehead atoms. The molecule has 4 rings (SSSR count). The van der Waals surface area contributed by atoms with Crippen molar-refractivity contribution in [2.45, 2.75) is 6.54 Å². The van der Waals surface area contributed by atoms with Crippen LogP contribution in [0.25, 0.3) is 22.6 Å². The smallest absolute Gasteiger partial charge is 0.132 e. The quantitative estimate of drug-likeness (QED) is 0.524. The summed E-state index contributed by atoms with van der Waals surface area (Å²) in [5.41, 5.74) is 2.77. The van der Waals surface area contributed by atoms with Gasteiger partial charge in [-0.3, -0.25) is 9.67 Å². The molecule has 0 unspecified atom stereocenters. The molecule has 2 aromatic heterocycles. The van der Waals surface area contributed by atoms with Crippen molar-refractivity contribution in [1.29, 1.82) is 0 Å². The van der Waals surface area contributed by atoms with Gasteiger partial charge in [0, 0.05) is 17.3 Å². The molecule has 0 saturated heterocycles. The van der Waals surface area contributed by atoms with Gasteiger partial charge < -0.3 is 0 Å². The second kappa shape index (κ2) is 6.88. The van der Waals surface area contributed by atoms with Crippen LogP contribution in [-0.2, 0) is 6.54 Å². The Bertz CT molecular complexity index is 1040. The van der Waals surface area contributed by atoms with Gasteiger partial charge in [0.05, 0.1) is 17.9 Å². The van der Waals surface area contributed by atoms with Crippen LogP contribution in [0.5, 0.6) is 0 Å². The summed E-state index contributed by atoms with van der Waals surface area (Å²) in [5.74, 6) is -0.670. The number of hydrogen-bond acceptors (Lipinski definition) is 2. The van der Waals surface area contributed by atoms with Gasteiger partial charge in [-0.2, -0.15) is 5.10 Å². The van der Waals surface area contributed by atoms with Crippen molar-refractivity contribution in [1.82, 2.24) is 14.8 Å². The molecule has 2 heterocycles. The van der Waals surface area contributed by atoms with E-state index in [1.165, 1.54) is 12.1 Å². The van der Waals surface area contributed by atoms with Crippen molar-refractivity contribution >= 4 is 0 Å². The van der Waals surface area contributed by atoms with Crippen molar-refractivity contribution < 1.29 is 8.78 Å². The number of hydrogen-bond donors (Lipinski definition) is 0. The molecular formula is C21H15F2N3. The van der Waals surface area contributed by atoms with Gasteiger partial charge in [0.2, 0.25) is 0 Å². The largest absolute Gasteiger partial charge is 0.260 e. The molecular weight excluding hydrogens is 332 g/mol. The maximum atomic E-state index is 14.4. The van der Waals surface area contributed by atoms with E-state index >= 15 is 0 Å². The Morgan fingerprint density at radius 2 is 1.50 bits per heavy atom. The van der Waals surface area contributed by atoms with Crippen LogP contribution in [-0.4, -0.2) is 14.8 Å². The van der Waals surface area contributed by atoms with Gasteiger partial charge in [0.15, 0.2) is 0 Å². The molecule has 0 saturated carbocycles. The molecule has 0 aliphatic rings. The molecule has 0 aliphatic carbocycles. The lowest BCUT2D eigenvalue weighted by atomic mass is 10.1. The normalized spacial score (nSPS) is 10.8. The minimum Gasteiger partial charge on any atom is -0.260 e. The molecule has 0 amide bonds. The Morgan fingerprint density at radius 3 is 2.23 bits per heavy atom. The third kappa shape index (κ3) is 3.11. The monoisotopic (exact) mass is 347 g/mol. The number of halogens is 2. The molecule has 26 heavy (non-hydrogen) atoms. The number of nitrogens with zero attached hydrogens (tertiary/aromatic N) is 3. The van der Waals surface area contributed by atoms with Gasteiger partial charge in [-0.15, -0.1) is 0 Å². The van der Waals surface area contributed by atoms with Crippen molar-refractivity contribution in [2.24, 2.45) is 0 Å². The zero-order valence-corrected chi connectivity index (χ0v) is 13.8. The highest BCUT2D eigenvalue weighted by atomic mass is 19.1. The van der Waals surface area contributed by atoms with Crippen LogP contribution in [0.15, 0.2) is 79.0 Å². The molecule has 2 aromatic carbocycles. The maximum Gasteiger partial charge on any atom is 0.132 e. The number of pyridine rings is 1. The SMILES string of the molecule is Fc1ccccc1Cn1nc(-c2ccccn2)cc1-c1ccccc1F. The van der Waals surface area contributed by atoms with Crippen molar-refractivity contribution in [2.75, 3.05) is 0 Å². The summed E-state index contributed by atoms with van der Waals surface area (Å²) in [4.78, 5) is 4.30. The molecule has 3 nitrogen and oxygen atoms in total. The minimum atomic E-state index is -0.352. The van der Waals surface area contributed by atoms with E-state index in [2.05, 4.69) is 10.1 Å². The standard InChI is InChI=1S/C21H15F2N3/c22-17-9-3-1-7-15(17)14-26-21(16-8-2-4-10-18(16)23)13-20(25-26)19-11-5-6-12-24-19/h1-13H,14H2. The third-order valence-corrected chi connectivity index (χ3v) is 4.14. The Morgan fingerprint density at radius 1 is 0.769 bits per heavy atom. The third-order valence-electron chi connectivity index (χ3n) is 4.14. The van der Waals surface area contributed by atoms with Gasteiger partial charge in [0.25, 0.3) is 0 Å². The zero-order chi connectivity index (χ0) is 17.9. The molecule has 128 valence electrons. The fraction of sp³-hybridized carbons (Fsp3) is 0.0476. The molecule has 0 N–H and O–H groups in total. The fourth-order valence-corrected chi connectivity index (χ4v) is 2.85. The van der Waals surface area contributed by atoms with E-state index < -0.39 is 0 Å². The number of aromatic nitrogens is 3. The first-order valence-corrected chi connectivity index (χ1v) is 8.20. The molecule has 5 heteroatoms. The lowest BCUT2D eigenvalue weighted by molar-refractivity contribution is 0.585. The first-order valence-electron chi connectivity index (χ1n) is 8.20. The van der Waals surface area contributed by atoms with E-state index in [9.17, 15) is 8.78 Å². The first kappa shape index (κ1) is 16.1. The van der Waals surface area contributed by atoms with E-state index in [4.69, 9.17) is 0 Å². The summed E-state index contributed by atoms with van der Waals surface area (Å²) in [5, 5.41) is 4.56. The highest BCUT2D eigenvalue weighted by molar-refractivity contribution is 5.67. The summed E-state index contributed by atoms with van der Waals surface area (Å²) >= 11 is 0. The molecule has 4 aromatic rings. The van der Waals surface area contributed by atoms with E-state index in [-0.39, 0.29) is 18.2 Å². The molecule has 0 radical (unpaired) electrons. The molecule has 0 aliphatic heterocycles. The van der Waals surface area contributed by atoms with Gasteiger partial charge in [0.1, 0.15) is 17.3 Å². The van der Waals surface area contributed by atoms with Crippen LogP contribution >= 0.6 is 0 Å². The average Bonchev–Trinajstić information content (AvgIpc) is 3.08. The Kier molecular flexibility index (Phi) is 4.27. The first-order chi connectivity index (χ1) is 12.7. The van der Waals surface area contributed by atoms with Crippen molar-refractivity contribution in [3.05, 3.63) is 96.2 Å². The summed E-state index contributed by atoms with van der Waals surface area (Å²) in [7, 11) is 0. The van der Waals surface area contributed by atoms with Crippen LogP contribution in [0.3, 0.4) is 0 Å². The second-order valence-corrected chi connectivity index (χ2v) is 5.86. The Labute approximate surface area is 149 Å². The highest BCUT2D eigenvalue weighted by Gasteiger charge is 2.16. The van der Waals surface area contributed by atoms with Gasteiger partial charge in [-0.1, -0.05) is 36.4 Å². The number of rotatable bonds is 4. The second-order valence-electron chi connectivity index (χ2n) is 5.86. The predicted octanol–water partition coefficient (Wildman–Crippen LogP) is 4.94. The van der Waals surface area contributed by atoms with Crippen LogP contribution in [0.4, 0.5) is 8.78 Å². The van der Waals surface area contributed by atoms with E-state index in [1.54, 1.807) is 53.3 Å². The summed E-state index contributed by atoms with van der Waals surface area (Å²) < 4.78 is 30.1. The lowest BCUT2D eigenvalue weighted by Crippen LogP contribution is -2.06. The lowest BCUT2D eigenvalue weighted by Gasteiger charge is -2.09. The van der Waals surface area contributed by atoms with E-state index in [0.29, 0.717) is 28.2 Å². The Hall–Kier alpha value is -3.34. The van der Waals surface area contributed by atoms with Gasteiger partial charge in [-0.25, -0.2) is 8.78 Å². The zero-order valence-electron chi connectivity index (χ0n) is 13.8. The molecule has 0 fully saturated rings. The summed E-state index contributed by atoms with van der Waals surface area (Å²) in [6, 6.07) is 20.3. The van der Waals surface area contributed by atoms with Crippen LogP contribution in [0.1, 0.15) is 5.56 Å². The topological polar surface area (TPSA) is 30.7 Å². The van der Waals surface area contributed by atoms with Crippen LogP contribution < -0.4 is 0 Å². The highest BCUT2D eigenvalue weighted by Crippen LogP contribution is 2.28. The van der Waals surface area contributed by atoms with Crippen molar-refractivity contribution in [3.8, 4) is 22.6 Å². The number of benzene rings is 2. The minimum absolute atomic E-state index is 0.198. The summed E-state index contributed by atoms with van der Waals surface area (Å²) in [6.45, 7) is 0.198. The van der Waals surface area contributed by atoms with Crippen LogP contribution in [0, 0.1) is 11.6 Å². The average molecular weight is 347 g/mol. The predicted molar refractivity (Wildman–Crippen MR) is 96.4 cm³/mol. The summed E-state index contributed by atoms with van der Waals surface area (Å²) in [6.07, 6.45) is 1.67. The fourth-order valence-electron chi connectivity index (χ4n) is 2.85. The van der Waals surface area contributed by atoms with Gasteiger partial charge >= 0.3 is 0 Å². The Balaban J connectivity index is 1.85. The van der Waals surface area contributed by atoms with Gasteiger partial charge in [-0.05, 0) is 36.4 Å².